The van der Waals surface area contributed by atoms with Gasteiger partial charge in [-0.3, -0.25) is 4.79 Å². The summed E-state index contributed by atoms with van der Waals surface area (Å²) < 4.78 is 66.1. The number of sulfonamides is 1. The molecule has 0 radical (unpaired) electrons. The highest BCUT2D eigenvalue weighted by atomic mass is 32.2. The first-order valence-electron chi connectivity index (χ1n) is 11.8. The summed E-state index contributed by atoms with van der Waals surface area (Å²) in [4.78, 5) is 18.7. The summed E-state index contributed by atoms with van der Waals surface area (Å²) in [5.74, 6) is -0.227. The van der Waals surface area contributed by atoms with Crippen LogP contribution in [-0.2, 0) is 16.2 Å². The van der Waals surface area contributed by atoms with Crippen molar-refractivity contribution in [2.75, 3.05) is 18.4 Å². The van der Waals surface area contributed by atoms with Crippen molar-refractivity contribution in [3.63, 3.8) is 0 Å². The van der Waals surface area contributed by atoms with Crippen molar-refractivity contribution in [1.82, 2.24) is 14.3 Å². The van der Waals surface area contributed by atoms with Crippen LogP contribution in [0.25, 0.3) is 22.0 Å². The normalized spacial score (nSPS) is 15.6. The molecule has 5 rings (SSSR count). The van der Waals surface area contributed by atoms with Gasteiger partial charge in [-0.25, -0.2) is 13.4 Å². The number of carbonyl (C=O) groups is 1. The first-order chi connectivity index (χ1) is 18.0. The van der Waals surface area contributed by atoms with E-state index in [-0.39, 0.29) is 24.0 Å². The number of halogens is 3. The number of nitrogens with two attached hydrogens (primary N) is 1. The maximum atomic E-state index is 13.3. The molecule has 1 aliphatic heterocycles. The van der Waals surface area contributed by atoms with E-state index in [9.17, 15) is 26.4 Å². The Labute approximate surface area is 216 Å². The fourth-order valence-electron chi connectivity index (χ4n) is 4.67. The molecule has 198 valence electrons. The number of fused-ring (bicyclic) bond motifs is 1. The average Bonchev–Trinajstić information content (AvgIpc) is 3.38. The third-order valence-electron chi connectivity index (χ3n) is 6.69. The molecule has 0 aliphatic carbocycles. The number of carbonyl (C=O) groups excluding carboxylic acids is 1. The van der Waals surface area contributed by atoms with Gasteiger partial charge in [0.15, 0.2) is 0 Å². The lowest BCUT2D eigenvalue weighted by molar-refractivity contribution is -0.137. The molecular formula is C26H24F3N5O3S. The Bertz CT molecular complexity index is 1580. The number of anilines is 1. The minimum absolute atomic E-state index is 0.111. The molecule has 1 fully saturated rings. The predicted octanol–water partition coefficient (Wildman–Crippen LogP) is 4.61. The summed E-state index contributed by atoms with van der Waals surface area (Å²) >= 11 is 0. The lowest BCUT2D eigenvalue weighted by Gasteiger charge is -2.32. The van der Waals surface area contributed by atoms with Crippen LogP contribution < -0.4 is 11.1 Å². The summed E-state index contributed by atoms with van der Waals surface area (Å²) in [6.45, 7) is 0.530. The van der Waals surface area contributed by atoms with E-state index in [2.05, 4.69) is 15.3 Å². The molecule has 0 saturated carbocycles. The van der Waals surface area contributed by atoms with Gasteiger partial charge in [0, 0.05) is 36.9 Å². The third-order valence-corrected chi connectivity index (χ3v) is 8.60. The number of aromatic nitrogens is 2. The maximum Gasteiger partial charge on any atom is 0.417 e. The highest BCUT2D eigenvalue weighted by Crippen LogP contribution is 2.32. The van der Waals surface area contributed by atoms with E-state index in [0.29, 0.717) is 29.7 Å². The van der Waals surface area contributed by atoms with Gasteiger partial charge in [-0.2, -0.15) is 17.5 Å². The van der Waals surface area contributed by atoms with E-state index in [4.69, 9.17) is 5.73 Å². The summed E-state index contributed by atoms with van der Waals surface area (Å²) in [6, 6.07) is 13.9. The van der Waals surface area contributed by atoms with Crippen LogP contribution in [0, 0.1) is 0 Å². The lowest BCUT2D eigenvalue weighted by atomic mass is 9.99. The van der Waals surface area contributed by atoms with Crippen molar-refractivity contribution < 1.29 is 26.4 Å². The van der Waals surface area contributed by atoms with Crippen LogP contribution in [0.4, 0.5) is 19.0 Å². The Morgan fingerprint density at radius 3 is 2.34 bits per heavy atom. The van der Waals surface area contributed by atoms with Crippen LogP contribution >= 0.6 is 0 Å². The Hall–Kier alpha value is -3.90. The van der Waals surface area contributed by atoms with E-state index >= 15 is 0 Å². The molecule has 2 aromatic heterocycles. The number of primary amides is 1. The number of piperidine rings is 1. The number of alkyl halides is 3. The minimum atomic E-state index is -4.45. The molecule has 4 aromatic rings. The number of pyridine rings is 1. The number of nitrogens with zero attached hydrogens (tertiary/aromatic N) is 2. The quantitative estimate of drug-likeness (QED) is 0.328. The van der Waals surface area contributed by atoms with E-state index in [1.165, 1.54) is 10.4 Å². The number of benzene rings is 2. The molecule has 2 aromatic carbocycles. The van der Waals surface area contributed by atoms with Gasteiger partial charge in [0.25, 0.3) is 5.91 Å². The smallest absolute Gasteiger partial charge is 0.367 e. The van der Waals surface area contributed by atoms with Crippen molar-refractivity contribution in [2.45, 2.75) is 30.0 Å². The Kier molecular flexibility index (Phi) is 6.61. The van der Waals surface area contributed by atoms with E-state index in [1.807, 2.05) is 6.07 Å². The van der Waals surface area contributed by atoms with Crippen LogP contribution in [0.15, 0.2) is 71.9 Å². The van der Waals surface area contributed by atoms with Crippen molar-refractivity contribution in [3.8, 4) is 11.1 Å². The van der Waals surface area contributed by atoms with Gasteiger partial charge in [0.05, 0.1) is 21.5 Å². The Morgan fingerprint density at radius 2 is 1.74 bits per heavy atom. The van der Waals surface area contributed by atoms with Gasteiger partial charge >= 0.3 is 6.18 Å². The van der Waals surface area contributed by atoms with Gasteiger partial charge in [0.1, 0.15) is 5.82 Å². The van der Waals surface area contributed by atoms with Gasteiger partial charge in [-0.05, 0) is 60.4 Å². The van der Waals surface area contributed by atoms with Gasteiger partial charge in [-0.1, -0.05) is 18.2 Å². The SMILES string of the molecule is NC(=O)c1ccc(-c2ccc(S(=O)(=O)N3CCC(Nc4ccc(C(F)(F)F)cn4)CC3)cc2)c2cc[nH]c12. The molecule has 8 nitrogen and oxygen atoms in total. The lowest BCUT2D eigenvalue weighted by Crippen LogP contribution is -2.42. The molecule has 0 bridgehead atoms. The monoisotopic (exact) mass is 543 g/mol. The van der Waals surface area contributed by atoms with Gasteiger partial charge in [0.2, 0.25) is 10.0 Å². The Morgan fingerprint density at radius 1 is 1.03 bits per heavy atom. The first kappa shape index (κ1) is 25.7. The molecule has 1 saturated heterocycles. The molecule has 38 heavy (non-hydrogen) atoms. The number of H-pyrrole nitrogens is 1. The fourth-order valence-corrected chi connectivity index (χ4v) is 6.14. The fraction of sp³-hybridized carbons (Fsp3) is 0.231. The third kappa shape index (κ3) is 4.96. The Balaban J connectivity index is 1.26. The van der Waals surface area contributed by atoms with Crippen LogP contribution in [0.3, 0.4) is 0 Å². The van der Waals surface area contributed by atoms with Crippen LogP contribution in [-0.4, -0.2) is 47.7 Å². The number of hydrogen-bond donors (Lipinski definition) is 3. The largest absolute Gasteiger partial charge is 0.417 e. The zero-order valence-electron chi connectivity index (χ0n) is 20.0. The minimum Gasteiger partial charge on any atom is -0.367 e. The van der Waals surface area contributed by atoms with E-state index in [1.54, 1.807) is 42.6 Å². The summed E-state index contributed by atoms with van der Waals surface area (Å²) in [5, 5.41) is 3.89. The second-order valence-electron chi connectivity index (χ2n) is 9.07. The molecule has 1 aliphatic rings. The summed E-state index contributed by atoms with van der Waals surface area (Å²) in [6.07, 6.45) is -0.993. The number of aromatic amines is 1. The van der Waals surface area contributed by atoms with E-state index < -0.39 is 27.7 Å². The molecule has 0 spiro atoms. The molecule has 0 unspecified atom stereocenters. The zero-order valence-corrected chi connectivity index (χ0v) is 20.8. The van der Waals surface area contributed by atoms with Crippen LogP contribution in [0.5, 0.6) is 0 Å². The average molecular weight is 544 g/mol. The van der Waals surface area contributed by atoms with Crippen molar-refractivity contribution in [3.05, 3.63) is 78.1 Å². The number of hydrogen-bond acceptors (Lipinski definition) is 5. The highest BCUT2D eigenvalue weighted by Gasteiger charge is 2.32. The van der Waals surface area contributed by atoms with Crippen molar-refractivity contribution in [1.29, 1.82) is 0 Å². The topological polar surface area (TPSA) is 121 Å². The summed E-state index contributed by atoms with van der Waals surface area (Å²) in [7, 11) is -3.73. The number of rotatable bonds is 6. The molecule has 3 heterocycles. The van der Waals surface area contributed by atoms with Gasteiger partial charge < -0.3 is 16.0 Å². The second-order valence-corrected chi connectivity index (χ2v) is 11.0. The number of nitrogens with one attached hydrogen (secondary N) is 2. The predicted molar refractivity (Wildman–Crippen MR) is 137 cm³/mol. The summed E-state index contributed by atoms with van der Waals surface area (Å²) in [5.41, 5.74) is 7.25. The van der Waals surface area contributed by atoms with Crippen LogP contribution in [0.2, 0.25) is 0 Å². The van der Waals surface area contributed by atoms with Gasteiger partial charge in [-0.15, -0.1) is 0 Å². The molecule has 1 amide bonds. The van der Waals surface area contributed by atoms with Crippen molar-refractivity contribution in [2.24, 2.45) is 5.73 Å². The second kappa shape index (κ2) is 9.76. The standard InChI is InChI=1S/C26H24F3N5O3S/c27-26(28,29)17-3-8-23(32-15-17)33-18-10-13-34(14-11-18)38(36,37)19-4-1-16(2-5-19)20-6-7-22(25(30)35)24-21(20)9-12-31-24/h1-9,12,15,18,31H,10-11,13-14H2,(H2,30,35)(H,32,33). The molecule has 12 heteroatoms. The zero-order chi connectivity index (χ0) is 27.1. The maximum absolute atomic E-state index is 13.3. The van der Waals surface area contributed by atoms with Crippen LogP contribution in [0.1, 0.15) is 28.8 Å². The molecular weight excluding hydrogens is 519 g/mol. The molecule has 0 atom stereocenters. The highest BCUT2D eigenvalue weighted by molar-refractivity contribution is 7.89. The first-order valence-corrected chi connectivity index (χ1v) is 13.3. The number of amides is 1. The van der Waals surface area contributed by atoms with Crippen molar-refractivity contribution >= 4 is 32.7 Å². The molecule has 4 N–H and O–H groups in total. The van der Waals surface area contributed by atoms with E-state index in [0.717, 1.165) is 28.8 Å².